The average molecular weight is 247 g/mol. The van der Waals surface area contributed by atoms with Gasteiger partial charge in [-0.3, -0.25) is 14.6 Å². The van der Waals surface area contributed by atoms with Gasteiger partial charge in [0.15, 0.2) is 0 Å². The Morgan fingerprint density at radius 3 is 2.83 bits per heavy atom. The maximum Gasteiger partial charge on any atom is 0.312 e. The van der Waals surface area contributed by atoms with Crippen molar-refractivity contribution in [2.75, 3.05) is 6.54 Å². The zero-order chi connectivity index (χ0) is 13.1. The molecule has 2 rings (SSSR count). The van der Waals surface area contributed by atoms with Crippen LogP contribution in [-0.2, 0) is 9.59 Å². The lowest BCUT2D eigenvalue weighted by molar-refractivity contribution is -0.147. The Bertz CT molecular complexity index is 447. The second-order valence-electron chi connectivity index (χ2n) is 4.81. The van der Waals surface area contributed by atoms with Crippen LogP contribution in [0.5, 0.6) is 0 Å². The van der Waals surface area contributed by atoms with E-state index in [1.807, 2.05) is 12.1 Å². The first kappa shape index (κ1) is 12.5. The van der Waals surface area contributed by atoms with Crippen LogP contribution in [0.25, 0.3) is 0 Å². The Hall–Kier alpha value is -1.91. The van der Waals surface area contributed by atoms with Crippen LogP contribution in [0.1, 0.15) is 31.4 Å². The first-order chi connectivity index (χ1) is 8.59. The Labute approximate surface area is 106 Å². The summed E-state index contributed by atoms with van der Waals surface area (Å²) in [7, 11) is 0. The molecule has 2 amide bonds. The molecule has 0 bridgehead atoms. The standard InChI is InChI=1S/C13H17N3O2/c1-9-4-5-11(10-3-2-6-15-7-10)16(8-9)13(18)12(14)17/h2-3,6-7,9,11H,4-5,8H2,1H3,(H2,14,17)/t9-,11+/m0/s1. The monoisotopic (exact) mass is 247 g/mol. The summed E-state index contributed by atoms with van der Waals surface area (Å²) in [6.45, 7) is 2.64. The van der Waals surface area contributed by atoms with E-state index in [0.29, 0.717) is 12.5 Å². The number of hydrogen-bond donors (Lipinski definition) is 1. The number of piperidine rings is 1. The van der Waals surface area contributed by atoms with E-state index in [9.17, 15) is 9.59 Å². The third-order valence-electron chi connectivity index (χ3n) is 3.36. The fraction of sp³-hybridized carbons (Fsp3) is 0.462. The molecule has 1 fully saturated rings. The number of aromatic nitrogens is 1. The minimum Gasteiger partial charge on any atom is -0.361 e. The molecule has 0 saturated carbocycles. The molecule has 5 heteroatoms. The third kappa shape index (κ3) is 2.50. The molecule has 18 heavy (non-hydrogen) atoms. The van der Waals surface area contributed by atoms with E-state index in [4.69, 9.17) is 5.73 Å². The van der Waals surface area contributed by atoms with Gasteiger partial charge in [0.2, 0.25) is 0 Å². The fourth-order valence-corrected chi connectivity index (χ4v) is 2.44. The van der Waals surface area contributed by atoms with Gasteiger partial charge < -0.3 is 10.6 Å². The van der Waals surface area contributed by atoms with Crippen LogP contribution in [0.15, 0.2) is 24.5 Å². The van der Waals surface area contributed by atoms with Crippen molar-refractivity contribution in [2.24, 2.45) is 11.7 Å². The van der Waals surface area contributed by atoms with E-state index < -0.39 is 11.8 Å². The molecular formula is C13H17N3O2. The van der Waals surface area contributed by atoms with Crippen LogP contribution in [0.3, 0.4) is 0 Å². The molecule has 2 heterocycles. The number of nitrogens with two attached hydrogens (primary N) is 1. The molecule has 0 spiro atoms. The molecule has 0 aliphatic carbocycles. The molecule has 1 aromatic heterocycles. The normalized spacial score (nSPS) is 23.7. The van der Waals surface area contributed by atoms with Crippen molar-refractivity contribution in [3.63, 3.8) is 0 Å². The van der Waals surface area contributed by atoms with Crippen LogP contribution in [-0.4, -0.2) is 28.2 Å². The van der Waals surface area contributed by atoms with Crippen molar-refractivity contribution in [3.05, 3.63) is 30.1 Å². The van der Waals surface area contributed by atoms with Crippen molar-refractivity contribution < 1.29 is 9.59 Å². The van der Waals surface area contributed by atoms with E-state index in [0.717, 1.165) is 18.4 Å². The highest BCUT2D eigenvalue weighted by molar-refractivity contribution is 6.34. The highest BCUT2D eigenvalue weighted by atomic mass is 16.2. The lowest BCUT2D eigenvalue weighted by atomic mass is 9.90. The van der Waals surface area contributed by atoms with Gasteiger partial charge in [0.1, 0.15) is 0 Å². The number of likely N-dealkylation sites (tertiary alicyclic amines) is 1. The first-order valence-corrected chi connectivity index (χ1v) is 6.10. The van der Waals surface area contributed by atoms with Crippen LogP contribution in [0.4, 0.5) is 0 Å². The molecule has 5 nitrogen and oxygen atoms in total. The van der Waals surface area contributed by atoms with Crippen LogP contribution in [0.2, 0.25) is 0 Å². The van der Waals surface area contributed by atoms with E-state index in [-0.39, 0.29) is 6.04 Å². The summed E-state index contributed by atoms with van der Waals surface area (Å²) in [5.41, 5.74) is 6.06. The third-order valence-corrected chi connectivity index (χ3v) is 3.36. The zero-order valence-corrected chi connectivity index (χ0v) is 10.4. The van der Waals surface area contributed by atoms with E-state index in [1.54, 1.807) is 17.3 Å². The lowest BCUT2D eigenvalue weighted by Crippen LogP contribution is -2.46. The van der Waals surface area contributed by atoms with Gasteiger partial charge >= 0.3 is 11.8 Å². The molecule has 0 radical (unpaired) electrons. The molecule has 2 atom stereocenters. The van der Waals surface area contributed by atoms with Gasteiger partial charge in [0, 0.05) is 18.9 Å². The van der Waals surface area contributed by atoms with Crippen molar-refractivity contribution in [1.82, 2.24) is 9.88 Å². The summed E-state index contributed by atoms with van der Waals surface area (Å²) in [4.78, 5) is 28.6. The second kappa shape index (κ2) is 5.16. The zero-order valence-electron chi connectivity index (χ0n) is 10.4. The topological polar surface area (TPSA) is 76.3 Å². The first-order valence-electron chi connectivity index (χ1n) is 6.10. The van der Waals surface area contributed by atoms with Gasteiger partial charge in [-0.05, 0) is 30.4 Å². The van der Waals surface area contributed by atoms with Gasteiger partial charge in [0.05, 0.1) is 6.04 Å². The van der Waals surface area contributed by atoms with Crippen molar-refractivity contribution in [2.45, 2.75) is 25.8 Å². The minimum atomic E-state index is -0.891. The number of hydrogen-bond acceptors (Lipinski definition) is 3. The number of primary amides is 1. The quantitative estimate of drug-likeness (QED) is 0.748. The molecule has 0 unspecified atom stereocenters. The molecule has 1 saturated heterocycles. The average Bonchev–Trinajstić information content (AvgIpc) is 2.38. The number of rotatable bonds is 1. The van der Waals surface area contributed by atoms with Gasteiger partial charge in [0.25, 0.3) is 0 Å². The predicted octanol–water partition coefficient (Wildman–Crippen LogP) is 0.866. The number of carbonyl (C=O) groups excluding carboxylic acids is 2. The molecule has 1 aliphatic heterocycles. The second-order valence-corrected chi connectivity index (χ2v) is 4.81. The van der Waals surface area contributed by atoms with E-state index >= 15 is 0 Å². The van der Waals surface area contributed by atoms with Crippen LogP contribution >= 0.6 is 0 Å². The number of amides is 2. The van der Waals surface area contributed by atoms with Gasteiger partial charge in [-0.25, -0.2) is 0 Å². The van der Waals surface area contributed by atoms with Crippen molar-refractivity contribution >= 4 is 11.8 Å². The Kier molecular flexibility index (Phi) is 3.60. The van der Waals surface area contributed by atoms with Crippen molar-refractivity contribution in [3.8, 4) is 0 Å². The summed E-state index contributed by atoms with van der Waals surface area (Å²) >= 11 is 0. The number of carbonyl (C=O) groups is 2. The largest absolute Gasteiger partial charge is 0.361 e. The summed E-state index contributed by atoms with van der Waals surface area (Å²) in [5.74, 6) is -1.10. The summed E-state index contributed by atoms with van der Waals surface area (Å²) < 4.78 is 0. The SMILES string of the molecule is C[C@H]1CC[C@H](c2cccnc2)N(C(=O)C(N)=O)C1. The Balaban J connectivity index is 2.26. The summed E-state index contributed by atoms with van der Waals surface area (Å²) in [5, 5.41) is 0. The molecule has 1 aromatic rings. The van der Waals surface area contributed by atoms with Crippen LogP contribution < -0.4 is 5.73 Å². The van der Waals surface area contributed by atoms with Gasteiger partial charge in [-0.15, -0.1) is 0 Å². The van der Waals surface area contributed by atoms with Gasteiger partial charge in [-0.2, -0.15) is 0 Å². The number of nitrogens with zero attached hydrogens (tertiary/aromatic N) is 2. The molecule has 1 aliphatic rings. The molecule has 0 aromatic carbocycles. The molecule has 2 N–H and O–H groups in total. The maximum absolute atomic E-state index is 11.9. The fourth-order valence-electron chi connectivity index (χ4n) is 2.44. The van der Waals surface area contributed by atoms with Crippen molar-refractivity contribution in [1.29, 1.82) is 0 Å². The van der Waals surface area contributed by atoms with E-state index in [1.165, 1.54) is 0 Å². The Morgan fingerprint density at radius 2 is 2.22 bits per heavy atom. The number of pyridine rings is 1. The maximum atomic E-state index is 11.9. The lowest BCUT2D eigenvalue weighted by Gasteiger charge is -2.38. The summed E-state index contributed by atoms with van der Waals surface area (Å²) in [6.07, 6.45) is 5.30. The highest BCUT2D eigenvalue weighted by Gasteiger charge is 2.33. The molecule has 96 valence electrons. The minimum absolute atomic E-state index is 0.0881. The summed E-state index contributed by atoms with van der Waals surface area (Å²) in [6, 6.07) is 3.67. The predicted molar refractivity (Wildman–Crippen MR) is 66.3 cm³/mol. The smallest absolute Gasteiger partial charge is 0.312 e. The van der Waals surface area contributed by atoms with E-state index in [2.05, 4.69) is 11.9 Å². The molecular weight excluding hydrogens is 230 g/mol. The van der Waals surface area contributed by atoms with Gasteiger partial charge in [-0.1, -0.05) is 13.0 Å². The van der Waals surface area contributed by atoms with Crippen LogP contribution in [0, 0.1) is 5.92 Å². The Morgan fingerprint density at radius 1 is 1.44 bits per heavy atom. The highest BCUT2D eigenvalue weighted by Crippen LogP contribution is 2.32.